The first-order chi connectivity index (χ1) is 22.6. The van der Waals surface area contributed by atoms with Crippen molar-refractivity contribution in [3.8, 4) is 0 Å². The molecule has 0 heterocycles. The van der Waals surface area contributed by atoms with Gasteiger partial charge in [-0.05, 0) is 112 Å². The van der Waals surface area contributed by atoms with Gasteiger partial charge in [0, 0.05) is 17.8 Å². The highest BCUT2D eigenvalue weighted by atomic mass is 16.5. The van der Waals surface area contributed by atoms with Crippen molar-refractivity contribution in [3.63, 3.8) is 0 Å². The van der Waals surface area contributed by atoms with Crippen LogP contribution < -0.4 is 0 Å². The van der Waals surface area contributed by atoms with Crippen molar-refractivity contribution in [1.82, 2.24) is 0 Å². The first kappa shape index (κ1) is 39.4. The van der Waals surface area contributed by atoms with Crippen LogP contribution >= 0.6 is 0 Å². The van der Waals surface area contributed by atoms with Crippen LogP contribution in [0.2, 0.25) is 0 Å². The molecular formula is C41H66O6. The van der Waals surface area contributed by atoms with Gasteiger partial charge in [-0.15, -0.1) is 0 Å². The minimum atomic E-state index is -1.10. The number of allylic oxidation sites excluding steroid dienone is 6. The molecule has 0 radical (unpaired) electrons. The molecule has 6 heteroatoms. The Morgan fingerprint density at radius 2 is 1.57 bits per heavy atom. The molecule has 0 aliphatic heterocycles. The number of rotatable bonds is 18. The molecule has 47 heavy (non-hydrogen) atoms. The fourth-order valence-corrected chi connectivity index (χ4v) is 9.30. The van der Waals surface area contributed by atoms with Crippen LogP contribution in [0.3, 0.4) is 0 Å². The van der Waals surface area contributed by atoms with E-state index in [1.165, 1.54) is 50.5 Å². The third kappa shape index (κ3) is 11.2. The summed E-state index contributed by atoms with van der Waals surface area (Å²) in [6.45, 7) is 8.76. The number of unbranched alkanes of at least 4 members (excludes halogenated alkanes) is 9. The lowest BCUT2D eigenvalue weighted by Gasteiger charge is -2.56. The van der Waals surface area contributed by atoms with Gasteiger partial charge in [0.2, 0.25) is 0 Å². The fourth-order valence-electron chi connectivity index (χ4n) is 9.30. The van der Waals surface area contributed by atoms with E-state index in [1.807, 2.05) is 13.0 Å². The summed E-state index contributed by atoms with van der Waals surface area (Å²) in [6.07, 6.45) is 30.6. The van der Waals surface area contributed by atoms with Crippen LogP contribution in [0.1, 0.15) is 156 Å². The smallest absolute Gasteiger partial charge is 0.306 e. The standard InChI is InChI=1S/C37H56O4.C4H10O2/c1-4-5-6-7-8-9-10-11-12-13-14-15-16-17-35(40)41-27-34(39)33-21-20-31-30-19-18-28-26-29(38)22-24-36(28,2)32(30)23-25-37(31,33)3;1-2-3-4(5)6/h9-10,22,24,26,30-33H,4-8,11-21,23,25,27H2,1-3H3;4-6H,2-3H2,1H3/b10-9-;. The zero-order chi connectivity index (χ0) is 34.3. The average molecular weight is 655 g/mol. The summed E-state index contributed by atoms with van der Waals surface area (Å²) in [4.78, 5) is 37.7. The van der Waals surface area contributed by atoms with Crippen molar-refractivity contribution >= 4 is 17.5 Å². The molecule has 6 nitrogen and oxygen atoms in total. The maximum atomic E-state index is 13.3. The van der Waals surface area contributed by atoms with Crippen molar-refractivity contribution in [2.45, 2.75) is 162 Å². The molecule has 0 aromatic carbocycles. The quantitative estimate of drug-likeness (QED) is 0.0661. The number of aliphatic hydroxyl groups is 2. The Kier molecular flexibility index (Phi) is 16.6. The van der Waals surface area contributed by atoms with Gasteiger partial charge in [0.1, 0.15) is 6.61 Å². The lowest BCUT2D eigenvalue weighted by atomic mass is 9.47. The number of carbonyl (C=O) groups excluding carboxylic acids is 3. The third-order valence-electron chi connectivity index (χ3n) is 12.0. The van der Waals surface area contributed by atoms with Gasteiger partial charge in [0.25, 0.3) is 0 Å². The Morgan fingerprint density at radius 3 is 2.23 bits per heavy atom. The van der Waals surface area contributed by atoms with Crippen molar-refractivity contribution < 1.29 is 29.3 Å². The maximum Gasteiger partial charge on any atom is 0.306 e. The molecule has 0 aromatic heterocycles. The molecule has 0 bridgehead atoms. The summed E-state index contributed by atoms with van der Waals surface area (Å²) in [6, 6.07) is 0. The molecular weight excluding hydrogens is 588 g/mol. The lowest BCUT2D eigenvalue weighted by molar-refractivity contribution is -0.151. The third-order valence-corrected chi connectivity index (χ3v) is 12.0. The van der Waals surface area contributed by atoms with Gasteiger partial charge in [-0.2, -0.15) is 0 Å². The van der Waals surface area contributed by atoms with Gasteiger partial charge in [-0.25, -0.2) is 0 Å². The molecule has 2 N–H and O–H groups in total. The van der Waals surface area contributed by atoms with Crippen LogP contribution in [0.4, 0.5) is 0 Å². The second-order valence-electron chi connectivity index (χ2n) is 15.3. The van der Waals surface area contributed by atoms with Gasteiger partial charge >= 0.3 is 5.97 Å². The van der Waals surface area contributed by atoms with Gasteiger partial charge in [0.15, 0.2) is 17.9 Å². The number of hydrogen-bond acceptors (Lipinski definition) is 6. The number of ether oxygens (including phenoxy) is 1. The highest BCUT2D eigenvalue weighted by Gasteiger charge is 2.59. The topological polar surface area (TPSA) is 101 Å². The second kappa shape index (κ2) is 19.8. The molecule has 3 saturated carbocycles. The molecule has 4 rings (SSSR count). The Hall–Kier alpha value is -2.05. The van der Waals surface area contributed by atoms with Crippen LogP contribution in [-0.2, 0) is 19.1 Å². The van der Waals surface area contributed by atoms with E-state index in [4.69, 9.17) is 14.9 Å². The van der Waals surface area contributed by atoms with Crippen molar-refractivity contribution in [1.29, 1.82) is 0 Å². The number of carbonyl (C=O) groups is 3. The van der Waals surface area contributed by atoms with E-state index in [1.54, 1.807) is 6.08 Å². The molecule has 0 amide bonds. The lowest BCUT2D eigenvalue weighted by Crippen LogP contribution is -2.50. The van der Waals surface area contributed by atoms with E-state index in [0.29, 0.717) is 30.6 Å². The van der Waals surface area contributed by atoms with Crippen LogP contribution in [-0.4, -0.2) is 40.6 Å². The Labute approximate surface area is 285 Å². The molecule has 0 saturated heterocycles. The minimum Gasteiger partial charge on any atom is -0.458 e. The van der Waals surface area contributed by atoms with Gasteiger partial charge < -0.3 is 14.9 Å². The molecule has 4 aliphatic carbocycles. The van der Waals surface area contributed by atoms with E-state index in [9.17, 15) is 14.4 Å². The van der Waals surface area contributed by atoms with E-state index in [-0.39, 0.29) is 40.9 Å². The summed E-state index contributed by atoms with van der Waals surface area (Å²) in [7, 11) is 0. The Bertz CT molecular complexity index is 1090. The van der Waals surface area contributed by atoms with Crippen molar-refractivity contribution in [2.75, 3.05) is 6.61 Å². The van der Waals surface area contributed by atoms with Crippen LogP contribution in [0, 0.1) is 34.5 Å². The van der Waals surface area contributed by atoms with Crippen LogP contribution in [0.15, 0.2) is 36.0 Å². The summed E-state index contributed by atoms with van der Waals surface area (Å²) in [5.41, 5.74) is 1.30. The average Bonchev–Trinajstić information content (AvgIpc) is 3.40. The highest BCUT2D eigenvalue weighted by Crippen LogP contribution is 2.66. The molecule has 0 aromatic rings. The first-order valence-electron chi connectivity index (χ1n) is 19.2. The zero-order valence-electron chi connectivity index (χ0n) is 30.2. The summed E-state index contributed by atoms with van der Waals surface area (Å²) in [5.74, 6) is 1.73. The molecule has 0 spiro atoms. The highest BCUT2D eigenvalue weighted by molar-refractivity contribution is 6.01. The Morgan fingerprint density at radius 1 is 0.894 bits per heavy atom. The van der Waals surface area contributed by atoms with E-state index in [0.717, 1.165) is 70.6 Å². The van der Waals surface area contributed by atoms with Crippen LogP contribution in [0.5, 0.6) is 0 Å². The SMILES string of the molecule is CCCC(O)O.CCCCCC/C=C\CCCCCCCC(=O)OCC(=O)C1CCC2C3CCC4=CC(=O)C=CC4(C)C3CCC12C. The van der Waals surface area contributed by atoms with Crippen molar-refractivity contribution in [3.05, 3.63) is 36.0 Å². The molecule has 6 atom stereocenters. The number of esters is 1. The molecule has 6 unspecified atom stereocenters. The van der Waals surface area contributed by atoms with E-state index < -0.39 is 6.29 Å². The largest absolute Gasteiger partial charge is 0.458 e. The Balaban J connectivity index is 0.000000913. The van der Waals surface area contributed by atoms with Crippen LogP contribution in [0.25, 0.3) is 0 Å². The number of ketones is 2. The predicted octanol–water partition coefficient (Wildman–Crippen LogP) is 9.38. The number of aliphatic hydroxyl groups excluding tert-OH is 1. The normalized spacial score (nSPS) is 29.5. The van der Waals surface area contributed by atoms with Crippen molar-refractivity contribution in [2.24, 2.45) is 34.5 Å². The molecule has 3 fully saturated rings. The minimum absolute atomic E-state index is 0.000129. The van der Waals surface area contributed by atoms with Gasteiger partial charge in [0.05, 0.1) is 0 Å². The number of hydrogen-bond donors (Lipinski definition) is 2. The maximum absolute atomic E-state index is 13.3. The summed E-state index contributed by atoms with van der Waals surface area (Å²) >= 11 is 0. The van der Waals surface area contributed by atoms with Gasteiger partial charge in [-0.1, -0.05) is 96.4 Å². The van der Waals surface area contributed by atoms with E-state index >= 15 is 0 Å². The predicted molar refractivity (Wildman–Crippen MR) is 189 cm³/mol. The van der Waals surface area contributed by atoms with E-state index in [2.05, 4.69) is 39.0 Å². The number of fused-ring (bicyclic) bond motifs is 5. The monoisotopic (exact) mass is 654 g/mol. The zero-order valence-corrected chi connectivity index (χ0v) is 30.2. The van der Waals surface area contributed by atoms with Gasteiger partial charge in [-0.3, -0.25) is 14.4 Å². The fraction of sp³-hybridized carbons (Fsp3) is 0.780. The summed E-state index contributed by atoms with van der Waals surface area (Å²) in [5, 5.41) is 16.2. The number of Topliss-reactive ketones (excluding diaryl/α,β-unsaturated/α-hetero) is 1. The first-order valence-corrected chi connectivity index (χ1v) is 19.2. The molecule has 266 valence electrons. The summed E-state index contributed by atoms with van der Waals surface area (Å²) < 4.78 is 5.51. The molecule has 4 aliphatic rings. The second-order valence-corrected chi connectivity index (χ2v) is 15.3.